The normalized spacial score (nSPS) is 11.9. The summed E-state index contributed by atoms with van der Waals surface area (Å²) in [6.07, 6.45) is 1.02. The predicted octanol–water partition coefficient (Wildman–Crippen LogP) is 7.07. The van der Waals surface area contributed by atoms with Gasteiger partial charge in [-0.1, -0.05) is 31.9 Å². The third-order valence-electron chi connectivity index (χ3n) is 4.98. The van der Waals surface area contributed by atoms with Crippen LogP contribution in [0.5, 0.6) is 11.8 Å². The number of nitrogens with zero attached hydrogens (tertiary/aromatic N) is 4. The van der Waals surface area contributed by atoms with Crippen molar-refractivity contribution >= 4 is 76.9 Å². The molecule has 12 heteroatoms. The maximum Gasteiger partial charge on any atom is 0.264 e. The molecule has 0 aliphatic rings. The first-order chi connectivity index (χ1) is 16.3. The van der Waals surface area contributed by atoms with Crippen LogP contribution in [0.1, 0.15) is 25.7 Å². The highest BCUT2D eigenvalue weighted by Crippen LogP contribution is 2.38. The Labute approximate surface area is 209 Å². The summed E-state index contributed by atoms with van der Waals surface area (Å²) in [7, 11) is 0. The minimum Gasteiger partial charge on any atom is -0.493 e. The van der Waals surface area contributed by atoms with Crippen LogP contribution in [0.15, 0.2) is 65.8 Å². The summed E-state index contributed by atoms with van der Waals surface area (Å²) in [5.74, 6) is -1.28. The van der Waals surface area contributed by atoms with Gasteiger partial charge in [-0.3, -0.25) is 9.59 Å². The molecular formula is C22H18Br2N6O4. The minimum atomic E-state index is -0.466. The lowest BCUT2D eigenvalue weighted by atomic mass is 10.2. The van der Waals surface area contributed by atoms with Crippen LogP contribution >= 0.6 is 31.9 Å². The third-order valence-corrected chi connectivity index (χ3v) is 5.97. The van der Waals surface area contributed by atoms with E-state index in [0.717, 1.165) is 8.95 Å². The van der Waals surface area contributed by atoms with Crippen molar-refractivity contribution in [3.8, 4) is 11.8 Å². The van der Waals surface area contributed by atoms with Crippen molar-refractivity contribution in [2.24, 2.45) is 20.5 Å². The van der Waals surface area contributed by atoms with E-state index in [0.29, 0.717) is 34.6 Å². The number of benzene rings is 2. The number of hydrogen-bond acceptors (Lipinski definition) is 6. The molecule has 0 saturated heterocycles. The summed E-state index contributed by atoms with van der Waals surface area (Å²) in [4.78, 5) is 29.6. The van der Waals surface area contributed by atoms with Gasteiger partial charge in [0.2, 0.25) is 11.8 Å². The first-order valence-electron chi connectivity index (χ1n) is 10.2. The molecule has 174 valence electrons. The Morgan fingerprint density at radius 3 is 1.56 bits per heavy atom. The quantitative estimate of drug-likeness (QED) is 0.134. The second-order valence-corrected chi connectivity index (χ2v) is 9.25. The van der Waals surface area contributed by atoms with Gasteiger partial charge in [0.15, 0.2) is 11.4 Å². The average Bonchev–Trinajstić information content (AvgIpc) is 3.28. The number of aromatic hydroxyl groups is 2. The Kier molecular flexibility index (Phi) is 7.17. The highest BCUT2D eigenvalue weighted by atomic mass is 79.9. The lowest BCUT2D eigenvalue weighted by Gasteiger charge is -1.96. The minimum absolute atomic E-state index is 0.0952. The number of carbonyl (C=O) groups excluding carboxylic acids is 2. The maximum atomic E-state index is 12.0. The number of carbonyl (C=O) groups is 2. The standard InChI is InChI=1S/C22H18Br2N6O4/c23-11-5-7-15-13(9-11)19(21(33)25-15)29-27-17(31)3-1-2-4-18(32)28-30-20-14-10-12(24)6-8-16(14)26-22(20)34/h5-10,25-26,33-34H,1-4H2. The smallest absolute Gasteiger partial charge is 0.264 e. The van der Waals surface area contributed by atoms with E-state index in [9.17, 15) is 19.8 Å². The highest BCUT2D eigenvalue weighted by Gasteiger charge is 2.13. The monoisotopic (exact) mass is 588 g/mol. The van der Waals surface area contributed by atoms with Crippen molar-refractivity contribution in [3.05, 3.63) is 45.3 Å². The Morgan fingerprint density at radius 2 is 1.15 bits per heavy atom. The SMILES string of the molecule is O=C(CCCCC(=O)N=Nc1c(O)[nH]c2ccc(Br)cc12)N=Nc1c(O)[nH]c2ccc(Br)cc12. The fraction of sp³-hybridized carbons (Fsp3) is 0.182. The van der Waals surface area contributed by atoms with Gasteiger partial charge in [-0.25, -0.2) is 0 Å². The summed E-state index contributed by atoms with van der Waals surface area (Å²) in [5.41, 5.74) is 1.72. The van der Waals surface area contributed by atoms with Gasteiger partial charge < -0.3 is 20.2 Å². The number of nitrogens with one attached hydrogen (secondary N) is 2. The molecule has 0 fully saturated rings. The fourth-order valence-electron chi connectivity index (χ4n) is 3.34. The number of hydrogen-bond donors (Lipinski definition) is 4. The van der Waals surface area contributed by atoms with Crippen LogP contribution in [-0.4, -0.2) is 32.0 Å². The number of aromatic amines is 2. The number of halogens is 2. The number of unbranched alkanes of at least 4 members (excludes halogenated alkanes) is 1. The molecule has 2 aromatic carbocycles. The summed E-state index contributed by atoms with van der Waals surface area (Å²) >= 11 is 6.71. The average molecular weight is 590 g/mol. The fourth-order valence-corrected chi connectivity index (χ4v) is 4.06. The van der Waals surface area contributed by atoms with E-state index in [4.69, 9.17) is 0 Å². The van der Waals surface area contributed by atoms with Gasteiger partial charge in [-0.05, 0) is 49.2 Å². The van der Waals surface area contributed by atoms with Crippen LogP contribution < -0.4 is 0 Å². The van der Waals surface area contributed by atoms with Gasteiger partial charge in [0.1, 0.15) is 0 Å². The summed E-state index contributed by atoms with van der Waals surface area (Å²) in [6.45, 7) is 0. The van der Waals surface area contributed by atoms with Crippen LogP contribution in [0.4, 0.5) is 11.4 Å². The van der Waals surface area contributed by atoms with E-state index in [1.54, 1.807) is 24.3 Å². The summed E-state index contributed by atoms with van der Waals surface area (Å²) < 4.78 is 1.60. The zero-order chi connectivity index (χ0) is 24.2. The number of fused-ring (bicyclic) bond motifs is 2. The van der Waals surface area contributed by atoms with Gasteiger partial charge in [0.25, 0.3) is 11.8 Å². The van der Waals surface area contributed by atoms with Gasteiger partial charge in [-0.2, -0.15) is 0 Å². The molecule has 0 bridgehead atoms. The van der Waals surface area contributed by atoms with Crippen molar-refractivity contribution in [1.82, 2.24) is 9.97 Å². The van der Waals surface area contributed by atoms with Crippen molar-refractivity contribution in [2.75, 3.05) is 0 Å². The summed E-state index contributed by atoms with van der Waals surface area (Å²) in [5, 5.41) is 36.4. The van der Waals surface area contributed by atoms with Crippen molar-refractivity contribution in [3.63, 3.8) is 0 Å². The van der Waals surface area contributed by atoms with Gasteiger partial charge in [-0.15, -0.1) is 20.5 Å². The largest absolute Gasteiger partial charge is 0.493 e. The number of aromatic nitrogens is 2. The van der Waals surface area contributed by atoms with Gasteiger partial charge >= 0.3 is 0 Å². The van der Waals surface area contributed by atoms with E-state index < -0.39 is 11.8 Å². The summed E-state index contributed by atoms with van der Waals surface area (Å²) in [6, 6.07) is 10.7. The molecule has 0 aliphatic carbocycles. The Balaban J connectivity index is 1.28. The molecule has 4 rings (SSSR count). The van der Waals surface area contributed by atoms with Crippen molar-refractivity contribution < 1.29 is 19.8 Å². The first-order valence-corrected chi connectivity index (χ1v) is 11.8. The zero-order valence-electron chi connectivity index (χ0n) is 17.5. The van der Waals surface area contributed by atoms with Crippen molar-refractivity contribution in [1.29, 1.82) is 0 Å². The number of rotatable bonds is 7. The van der Waals surface area contributed by atoms with Crippen LogP contribution in [0, 0.1) is 0 Å². The second kappa shape index (κ2) is 10.3. The molecule has 34 heavy (non-hydrogen) atoms. The van der Waals surface area contributed by atoms with Gasteiger partial charge in [0, 0.05) is 32.6 Å². The zero-order valence-corrected chi connectivity index (χ0v) is 20.7. The van der Waals surface area contributed by atoms with E-state index in [2.05, 4.69) is 62.3 Å². The lowest BCUT2D eigenvalue weighted by Crippen LogP contribution is -1.95. The van der Waals surface area contributed by atoms with Crippen LogP contribution in [0.25, 0.3) is 21.8 Å². The number of amides is 2. The molecule has 10 nitrogen and oxygen atoms in total. The highest BCUT2D eigenvalue weighted by molar-refractivity contribution is 9.10. The molecule has 4 aromatic rings. The Bertz CT molecular complexity index is 1350. The molecule has 0 aliphatic heterocycles. The Hall–Kier alpha value is -3.38. The first kappa shape index (κ1) is 23.8. The van der Waals surface area contributed by atoms with E-state index >= 15 is 0 Å². The van der Waals surface area contributed by atoms with Crippen LogP contribution in [0.2, 0.25) is 0 Å². The molecule has 2 amide bonds. The Morgan fingerprint density at radius 1 is 0.735 bits per heavy atom. The van der Waals surface area contributed by atoms with Crippen molar-refractivity contribution in [2.45, 2.75) is 25.7 Å². The van der Waals surface area contributed by atoms with E-state index in [1.807, 2.05) is 12.1 Å². The second-order valence-electron chi connectivity index (χ2n) is 7.42. The molecule has 4 N–H and O–H groups in total. The maximum absolute atomic E-state index is 12.0. The van der Waals surface area contributed by atoms with E-state index in [1.165, 1.54) is 0 Å². The number of azo groups is 2. The van der Waals surface area contributed by atoms with Gasteiger partial charge in [0.05, 0.1) is 11.0 Å². The number of H-pyrrole nitrogens is 2. The molecule has 0 unspecified atom stereocenters. The molecule has 2 aromatic heterocycles. The molecular weight excluding hydrogens is 572 g/mol. The molecule has 0 radical (unpaired) electrons. The third kappa shape index (κ3) is 5.39. The molecule has 0 spiro atoms. The molecule has 2 heterocycles. The molecule has 0 atom stereocenters. The lowest BCUT2D eigenvalue weighted by molar-refractivity contribution is -0.120. The van der Waals surface area contributed by atoms with Crippen LogP contribution in [0.3, 0.4) is 0 Å². The predicted molar refractivity (Wildman–Crippen MR) is 133 cm³/mol. The topological polar surface area (TPSA) is 156 Å². The van der Waals surface area contributed by atoms with E-state index in [-0.39, 0.29) is 36.0 Å². The molecule has 0 saturated carbocycles. The van der Waals surface area contributed by atoms with Crippen LogP contribution in [-0.2, 0) is 9.59 Å².